The third-order valence-corrected chi connectivity index (χ3v) is 3.61. The molecule has 0 aliphatic carbocycles. The number of halogens is 3. The smallest absolute Gasteiger partial charge is 0.159 e. The lowest BCUT2D eigenvalue weighted by Gasteiger charge is -2.13. The van der Waals surface area contributed by atoms with Gasteiger partial charge in [-0.1, -0.05) is 34.1 Å². The molecule has 0 saturated carbocycles. The Labute approximate surface area is 119 Å². The normalized spacial score (nSPS) is 12.5. The third kappa shape index (κ3) is 3.39. The van der Waals surface area contributed by atoms with Crippen LogP contribution in [0, 0.1) is 18.6 Å². The van der Waals surface area contributed by atoms with Crippen molar-refractivity contribution in [2.75, 3.05) is 0 Å². The van der Waals surface area contributed by atoms with Crippen LogP contribution >= 0.6 is 15.9 Å². The average molecular weight is 327 g/mol. The van der Waals surface area contributed by atoms with Gasteiger partial charge in [-0.25, -0.2) is 8.78 Å². The zero-order valence-electron chi connectivity index (χ0n) is 10.3. The third-order valence-electron chi connectivity index (χ3n) is 2.93. The summed E-state index contributed by atoms with van der Waals surface area (Å²) in [5.74, 6) is -1.78. The van der Waals surface area contributed by atoms with Crippen molar-refractivity contribution >= 4 is 15.9 Å². The van der Waals surface area contributed by atoms with E-state index in [1.807, 2.05) is 25.1 Å². The van der Waals surface area contributed by atoms with Crippen molar-refractivity contribution in [1.29, 1.82) is 0 Å². The van der Waals surface area contributed by atoms with Gasteiger partial charge in [0.05, 0.1) is 6.10 Å². The Morgan fingerprint density at radius 2 is 1.84 bits per heavy atom. The average Bonchev–Trinajstić information content (AvgIpc) is 2.33. The molecule has 4 heteroatoms. The van der Waals surface area contributed by atoms with Crippen LogP contribution in [0.15, 0.2) is 40.9 Å². The van der Waals surface area contributed by atoms with Crippen LogP contribution in [0.3, 0.4) is 0 Å². The highest BCUT2D eigenvalue weighted by Crippen LogP contribution is 2.27. The minimum Gasteiger partial charge on any atom is -0.388 e. The lowest BCUT2D eigenvalue weighted by Crippen LogP contribution is -2.03. The highest BCUT2D eigenvalue weighted by atomic mass is 79.9. The number of aliphatic hydroxyl groups is 1. The Kier molecular flexibility index (Phi) is 4.32. The highest BCUT2D eigenvalue weighted by molar-refractivity contribution is 9.10. The van der Waals surface area contributed by atoms with E-state index in [-0.39, 0.29) is 6.42 Å². The molecular formula is C15H13BrF2O. The molecule has 0 radical (unpaired) electrons. The molecule has 2 rings (SSSR count). The van der Waals surface area contributed by atoms with Crippen molar-refractivity contribution in [2.45, 2.75) is 19.4 Å². The molecule has 100 valence electrons. The molecule has 0 aliphatic rings. The van der Waals surface area contributed by atoms with Gasteiger partial charge in [-0.3, -0.25) is 0 Å². The van der Waals surface area contributed by atoms with Gasteiger partial charge in [0.2, 0.25) is 0 Å². The summed E-state index contributed by atoms with van der Waals surface area (Å²) < 4.78 is 26.7. The van der Waals surface area contributed by atoms with Crippen LogP contribution in [0.1, 0.15) is 22.8 Å². The van der Waals surface area contributed by atoms with Gasteiger partial charge in [0, 0.05) is 10.9 Å². The molecule has 0 aliphatic heterocycles. The number of aliphatic hydroxyl groups excluding tert-OH is 1. The van der Waals surface area contributed by atoms with Gasteiger partial charge in [0.1, 0.15) is 0 Å². The minimum absolute atomic E-state index is 0.235. The maximum absolute atomic E-state index is 13.1. The van der Waals surface area contributed by atoms with Gasteiger partial charge in [-0.2, -0.15) is 0 Å². The molecule has 0 heterocycles. The second kappa shape index (κ2) is 5.80. The van der Waals surface area contributed by atoms with Crippen LogP contribution in [-0.2, 0) is 6.42 Å². The molecule has 2 aromatic rings. The molecule has 0 spiro atoms. The zero-order chi connectivity index (χ0) is 14.0. The number of rotatable bonds is 3. The van der Waals surface area contributed by atoms with Gasteiger partial charge in [-0.05, 0) is 41.8 Å². The summed E-state index contributed by atoms with van der Waals surface area (Å²) in [6.45, 7) is 1.95. The molecule has 1 atom stereocenters. The van der Waals surface area contributed by atoms with Crippen LogP contribution in [0.5, 0.6) is 0 Å². The van der Waals surface area contributed by atoms with Crippen LogP contribution in [0.4, 0.5) is 8.78 Å². The van der Waals surface area contributed by atoms with E-state index in [0.29, 0.717) is 5.56 Å². The molecule has 19 heavy (non-hydrogen) atoms. The maximum Gasteiger partial charge on any atom is 0.159 e. The Morgan fingerprint density at radius 3 is 2.47 bits per heavy atom. The van der Waals surface area contributed by atoms with Crippen LogP contribution in [-0.4, -0.2) is 5.11 Å². The number of hydrogen-bond donors (Lipinski definition) is 1. The fourth-order valence-corrected chi connectivity index (χ4v) is 2.66. The lowest BCUT2D eigenvalue weighted by molar-refractivity contribution is 0.177. The van der Waals surface area contributed by atoms with E-state index < -0.39 is 17.7 Å². The van der Waals surface area contributed by atoms with Gasteiger partial charge >= 0.3 is 0 Å². The first-order chi connectivity index (χ1) is 8.97. The Bertz CT molecular complexity index is 599. The summed E-state index contributed by atoms with van der Waals surface area (Å²) >= 11 is 3.39. The molecule has 1 nitrogen and oxygen atoms in total. The van der Waals surface area contributed by atoms with Crippen molar-refractivity contribution < 1.29 is 13.9 Å². The zero-order valence-corrected chi connectivity index (χ0v) is 11.9. The quantitative estimate of drug-likeness (QED) is 0.891. The SMILES string of the molecule is Cc1ccc(C(O)Cc2ccc(F)c(F)c2)c(Br)c1. The van der Waals surface area contributed by atoms with Crippen LogP contribution < -0.4 is 0 Å². The summed E-state index contributed by atoms with van der Waals surface area (Å²) in [5, 5.41) is 10.2. The monoisotopic (exact) mass is 326 g/mol. The van der Waals surface area contributed by atoms with Gasteiger partial charge in [0.25, 0.3) is 0 Å². The standard InChI is InChI=1S/C15H13BrF2O/c1-9-2-4-11(12(16)6-9)15(19)8-10-3-5-13(17)14(18)7-10/h2-7,15,19H,8H2,1H3. The number of benzene rings is 2. The lowest BCUT2D eigenvalue weighted by atomic mass is 10.0. The summed E-state index contributed by atoms with van der Waals surface area (Å²) in [7, 11) is 0. The van der Waals surface area contributed by atoms with Crippen LogP contribution in [0.25, 0.3) is 0 Å². The van der Waals surface area contributed by atoms with Crippen molar-refractivity contribution in [2.24, 2.45) is 0 Å². The van der Waals surface area contributed by atoms with E-state index in [9.17, 15) is 13.9 Å². The summed E-state index contributed by atoms with van der Waals surface area (Å²) in [5.41, 5.74) is 2.37. The molecule has 1 unspecified atom stereocenters. The summed E-state index contributed by atoms with van der Waals surface area (Å²) in [6, 6.07) is 9.29. The van der Waals surface area contributed by atoms with Crippen molar-refractivity contribution in [3.05, 3.63) is 69.2 Å². The summed E-state index contributed by atoms with van der Waals surface area (Å²) in [6.07, 6.45) is -0.529. The van der Waals surface area contributed by atoms with Gasteiger partial charge in [0.15, 0.2) is 11.6 Å². The maximum atomic E-state index is 13.1. The van der Waals surface area contributed by atoms with E-state index in [2.05, 4.69) is 15.9 Å². The fourth-order valence-electron chi connectivity index (χ4n) is 1.90. The molecular weight excluding hydrogens is 314 g/mol. The topological polar surface area (TPSA) is 20.2 Å². The minimum atomic E-state index is -0.896. The first kappa shape index (κ1) is 14.2. The fraction of sp³-hybridized carbons (Fsp3) is 0.200. The molecule has 0 saturated heterocycles. The second-order valence-electron chi connectivity index (χ2n) is 4.49. The molecule has 0 aromatic heterocycles. The van der Waals surface area contributed by atoms with Crippen molar-refractivity contribution in [3.63, 3.8) is 0 Å². The molecule has 2 aromatic carbocycles. The van der Waals surface area contributed by atoms with Gasteiger partial charge < -0.3 is 5.11 Å². The van der Waals surface area contributed by atoms with Crippen LogP contribution in [0.2, 0.25) is 0 Å². The van der Waals surface area contributed by atoms with E-state index in [1.165, 1.54) is 6.07 Å². The number of hydrogen-bond acceptors (Lipinski definition) is 1. The van der Waals surface area contributed by atoms with Crippen molar-refractivity contribution in [3.8, 4) is 0 Å². The number of aryl methyl sites for hydroxylation is 1. The van der Waals surface area contributed by atoms with Crippen molar-refractivity contribution in [1.82, 2.24) is 0 Å². The molecule has 1 N–H and O–H groups in total. The predicted octanol–water partition coefficient (Wildman–Crippen LogP) is 4.31. The Balaban J connectivity index is 2.20. The molecule has 0 fully saturated rings. The largest absolute Gasteiger partial charge is 0.388 e. The molecule has 0 bridgehead atoms. The first-order valence-corrected chi connectivity index (χ1v) is 6.64. The summed E-state index contributed by atoms with van der Waals surface area (Å²) in [4.78, 5) is 0. The highest BCUT2D eigenvalue weighted by Gasteiger charge is 2.13. The van der Waals surface area contributed by atoms with Gasteiger partial charge in [-0.15, -0.1) is 0 Å². The van der Waals surface area contributed by atoms with E-state index in [4.69, 9.17) is 0 Å². The van der Waals surface area contributed by atoms with E-state index in [0.717, 1.165) is 27.7 Å². The first-order valence-electron chi connectivity index (χ1n) is 5.85. The Morgan fingerprint density at radius 1 is 1.11 bits per heavy atom. The molecule has 0 amide bonds. The predicted molar refractivity (Wildman–Crippen MR) is 73.9 cm³/mol. The van der Waals surface area contributed by atoms with E-state index >= 15 is 0 Å². The second-order valence-corrected chi connectivity index (χ2v) is 5.35. The van der Waals surface area contributed by atoms with E-state index in [1.54, 1.807) is 0 Å². The Hall–Kier alpha value is -1.26.